The van der Waals surface area contributed by atoms with Crippen molar-refractivity contribution in [2.75, 3.05) is 39.3 Å². The zero-order valence-corrected chi connectivity index (χ0v) is 12.5. The molecule has 0 aliphatic carbocycles. The van der Waals surface area contributed by atoms with Gasteiger partial charge in [0.25, 0.3) is 0 Å². The fraction of sp³-hybridized carbons (Fsp3) is 0.500. The van der Waals surface area contributed by atoms with E-state index in [0.717, 1.165) is 38.3 Å². The fourth-order valence-corrected chi connectivity index (χ4v) is 3.56. The highest BCUT2D eigenvalue weighted by Gasteiger charge is 2.19. The van der Waals surface area contributed by atoms with Crippen molar-refractivity contribution in [3.63, 3.8) is 0 Å². The molecule has 1 aliphatic rings. The number of nitrogens with one attached hydrogen (secondary N) is 2. The van der Waals surface area contributed by atoms with Crippen molar-refractivity contribution in [3.05, 3.63) is 29.0 Å². The molecule has 2 N–H and O–H groups in total. The highest BCUT2D eigenvalue weighted by molar-refractivity contribution is 7.89. The molecule has 1 saturated heterocycles. The first kappa shape index (κ1) is 15.7. The average Bonchev–Trinajstić information content (AvgIpc) is 2.42. The Balaban J connectivity index is 1.95. The van der Waals surface area contributed by atoms with Crippen LogP contribution in [0.3, 0.4) is 0 Å². The van der Waals surface area contributed by atoms with E-state index in [1.807, 2.05) is 0 Å². The van der Waals surface area contributed by atoms with Crippen LogP contribution in [0.2, 0.25) is 5.02 Å². The van der Waals surface area contributed by atoms with Gasteiger partial charge in [0.1, 0.15) is 10.7 Å². The molecule has 1 aliphatic heterocycles. The number of benzene rings is 1. The van der Waals surface area contributed by atoms with Gasteiger partial charge < -0.3 is 5.32 Å². The Morgan fingerprint density at radius 2 is 2.05 bits per heavy atom. The lowest BCUT2D eigenvalue weighted by Crippen LogP contribution is -2.46. The average molecular weight is 322 g/mol. The largest absolute Gasteiger partial charge is 0.314 e. The van der Waals surface area contributed by atoms with Gasteiger partial charge >= 0.3 is 0 Å². The summed E-state index contributed by atoms with van der Waals surface area (Å²) in [5, 5.41) is 3.24. The second kappa shape index (κ2) is 6.82. The normalized spacial score (nSPS) is 17.3. The summed E-state index contributed by atoms with van der Waals surface area (Å²) in [6, 6.07) is 3.29. The Morgan fingerprint density at radius 3 is 2.75 bits per heavy atom. The first-order valence-corrected chi connectivity index (χ1v) is 8.23. The minimum Gasteiger partial charge on any atom is -0.314 e. The van der Waals surface area contributed by atoms with E-state index in [-0.39, 0.29) is 16.5 Å². The molecule has 8 heteroatoms. The molecule has 2 rings (SSSR count). The third-order valence-electron chi connectivity index (χ3n) is 3.11. The van der Waals surface area contributed by atoms with Crippen molar-refractivity contribution in [2.24, 2.45) is 0 Å². The molecule has 0 spiro atoms. The van der Waals surface area contributed by atoms with E-state index in [1.165, 1.54) is 6.07 Å². The predicted molar refractivity (Wildman–Crippen MR) is 75.9 cm³/mol. The standard InChI is InChI=1S/C12H17ClFN3O2S/c13-11-2-1-10(14)9-12(11)20(18,19)16-5-8-17-6-3-15-4-7-17/h1-2,9,15-16H,3-8H2. The topological polar surface area (TPSA) is 61.4 Å². The molecular weight excluding hydrogens is 305 g/mol. The van der Waals surface area contributed by atoms with Crippen LogP contribution < -0.4 is 10.0 Å². The minimum absolute atomic E-state index is 0.0149. The zero-order valence-electron chi connectivity index (χ0n) is 10.9. The molecule has 1 heterocycles. The van der Waals surface area contributed by atoms with Crippen LogP contribution in [0.4, 0.5) is 4.39 Å². The van der Waals surface area contributed by atoms with Crippen LogP contribution in [0.1, 0.15) is 0 Å². The van der Waals surface area contributed by atoms with Crippen LogP contribution in [0.5, 0.6) is 0 Å². The highest BCUT2D eigenvalue weighted by atomic mass is 35.5. The SMILES string of the molecule is O=S(=O)(NCCN1CCNCC1)c1cc(F)ccc1Cl. The van der Waals surface area contributed by atoms with Crippen molar-refractivity contribution in [3.8, 4) is 0 Å². The number of halogens is 2. The highest BCUT2D eigenvalue weighted by Crippen LogP contribution is 2.21. The van der Waals surface area contributed by atoms with E-state index in [2.05, 4.69) is 14.9 Å². The van der Waals surface area contributed by atoms with Gasteiger partial charge in [-0.25, -0.2) is 17.5 Å². The lowest BCUT2D eigenvalue weighted by atomic mass is 10.3. The summed E-state index contributed by atoms with van der Waals surface area (Å²) < 4.78 is 39.7. The van der Waals surface area contributed by atoms with Gasteiger partial charge in [0, 0.05) is 39.3 Å². The third kappa shape index (κ3) is 4.13. The molecule has 0 unspecified atom stereocenters. The molecule has 0 amide bonds. The van der Waals surface area contributed by atoms with Gasteiger partial charge in [-0.1, -0.05) is 11.6 Å². The van der Waals surface area contributed by atoms with E-state index < -0.39 is 15.8 Å². The van der Waals surface area contributed by atoms with E-state index in [9.17, 15) is 12.8 Å². The van der Waals surface area contributed by atoms with Gasteiger partial charge in [0.05, 0.1) is 5.02 Å². The molecule has 0 bridgehead atoms. The fourth-order valence-electron chi connectivity index (χ4n) is 2.03. The Kier molecular flexibility index (Phi) is 5.34. The third-order valence-corrected chi connectivity index (χ3v) is 5.06. The van der Waals surface area contributed by atoms with E-state index in [1.54, 1.807) is 0 Å². The lowest BCUT2D eigenvalue weighted by molar-refractivity contribution is 0.245. The second-order valence-corrected chi connectivity index (χ2v) is 6.71. The summed E-state index contributed by atoms with van der Waals surface area (Å²) in [5.41, 5.74) is 0. The maximum Gasteiger partial charge on any atom is 0.242 e. The Bertz CT molecular complexity index is 562. The first-order chi connectivity index (χ1) is 9.49. The van der Waals surface area contributed by atoms with Crippen molar-refractivity contribution in [1.29, 1.82) is 0 Å². The maximum absolute atomic E-state index is 13.1. The Labute approximate surface area is 123 Å². The second-order valence-electron chi connectivity index (χ2n) is 4.56. The van der Waals surface area contributed by atoms with Crippen molar-refractivity contribution < 1.29 is 12.8 Å². The van der Waals surface area contributed by atoms with Gasteiger partial charge in [-0.3, -0.25) is 4.90 Å². The summed E-state index contributed by atoms with van der Waals surface area (Å²) >= 11 is 5.80. The minimum atomic E-state index is -3.78. The van der Waals surface area contributed by atoms with Gasteiger partial charge in [0.15, 0.2) is 0 Å². The quantitative estimate of drug-likeness (QED) is 0.836. The zero-order chi connectivity index (χ0) is 14.6. The number of piperazine rings is 1. The summed E-state index contributed by atoms with van der Waals surface area (Å²) in [6.07, 6.45) is 0. The predicted octanol–water partition coefficient (Wildman–Crippen LogP) is 0.663. The van der Waals surface area contributed by atoms with Crippen LogP contribution in [0.25, 0.3) is 0 Å². The molecule has 0 radical (unpaired) electrons. The summed E-state index contributed by atoms with van der Waals surface area (Å²) in [6.45, 7) is 4.48. The smallest absolute Gasteiger partial charge is 0.242 e. The van der Waals surface area contributed by atoms with Crippen LogP contribution >= 0.6 is 11.6 Å². The monoisotopic (exact) mass is 321 g/mol. The molecule has 0 saturated carbocycles. The van der Waals surface area contributed by atoms with Gasteiger partial charge in [-0.15, -0.1) is 0 Å². The molecule has 20 heavy (non-hydrogen) atoms. The van der Waals surface area contributed by atoms with Crippen LogP contribution in [0.15, 0.2) is 23.1 Å². The molecule has 112 valence electrons. The number of nitrogens with zero attached hydrogens (tertiary/aromatic N) is 1. The number of hydrogen-bond donors (Lipinski definition) is 2. The number of rotatable bonds is 5. The summed E-state index contributed by atoms with van der Waals surface area (Å²) in [4.78, 5) is 1.94. The van der Waals surface area contributed by atoms with E-state index >= 15 is 0 Å². The van der Waals surface area contributed by atoms with Crippen LogP contribution in [-0.2, 0) is 10.0 Å². The van der Waals surface area contributed by atoms with Crippen molar-refractivity contribution in [1.82, 2.24) is 14.9 Å². The molecule has 1 aromatic rings. The van der Waals surface area contributed by atoms with E-state index in [4.69, 9.17) is 11.6 Å². The summed E-state index contributed by atoms with van der Waals surface area (Å²) in [5.74, 6) is -0.628. The number of sulfonamides is 1. The first-order valence-electron chi connectivity index (χ1n) is 6.37. The molecule has 1 aromatic carbocycles. The van der Waals surface area contributed by atoms with Gasteiger partial charge in [-0.2, -0.15) is 0 Å². The van der Waals surface area contributed by atoms with Crippen LogP contribution in [0, 0.1) is 5.82 Å². The maximum atomic E-state index is 13.1. The Hall–Kier alpha value is -0.730. The molecule has 1 fully saturated rings. The van der Waals surface area contributed by atoms with Gasteiger partial charge in [0.2, 0.25) is 10.0 Å². The number of hydrogen-bond acceptors (Lipinski definition) is 4. The lowest BCUT2D eigenvalue weighted by Gasteiger charge is -2.27. The Morgan fingerprint density at radius 1 is 1.35 bits per heavy atom. The molecular formula is C12H17ClFN3O2S. The molecule has 0 aromatic heterocycles. The molecule has 0 atom stereocenters. The molecule has 5 nitrogen and oxygen atoms in total. The van der Waals surface area contributed by atoms with Gasteiger partial charge in [-0.05, 0) is 18.2 Å². The summed E-state index contributed by atoms with van der Waals surface area (Å²) in [7, 11) is -3.78. The van der Waals surface area contributed by atoms with E-state index in [0.29, 0.717) is 6.54 Å². The van der Waals surface area contributed by atoms with Crippen molar-refractivity contribution >= 4 is 21.6 Å². The van der Waals surface area contributed by atoms with Crippen molar-refractivity contribution in [2.45, 2.75) is 4.90 Å². The van der Waals surface area contributed by atoms with Crippen LogP contribution in [-0.4, -0.2) is 52.6 Å².